The Morgan fingerprint density at radius 3 is 3.17 bits per heavy atom. The molecule has 122 valence electrons. The summed E-state index contributed by atoms with van der Waals surface area (Å²) in [4.78, 5) is 6.03. The predicted molar refractivity (Wildman–Crippen MR) is 91.0 cm³/mol. The van der Waals surface area contributed by atoms with E-state index in [1.54, 1.807) is 10.7 Å². The van der Waals surface area contributed by atoms with Crippen molar-refractivity contribution in [2.45, 2.75) is 20.0 Å². The second kappa shape index (κ2) is 6.99. The van der Waals surface area contributed by atoms with Gasteiger partial charge in [0, 0.05) is 32.4 Å². The smallest absolute Gasteiger partial charge is 0.231 e. The molecule has 1 aliphatic rings. The number of nitrogens with one attached hydrogen (secondary N) is 1. The van der Waals surface area contributed by atoms with Crippen molar-refractivity contribution < 1.29 is 4.74 Å². The molecule has 3 heterocycles. The van der Waals surface area contributed by atoms with Gasteiger partial charge in [0.05, 0.1) is 36.7 Å². The summed E-state index contributed by atoms with van der Waals surface area (Å²) in [7, 11) is 0. The first kappa shape index (κ1) is 15.8. The minimum Gasteiger partial charge on any atom is -0.389 e. The van der Waals surface area contributed by atoms with Crippen molar-refractivity contribution in [2.75, 3.05) is 38.1 Å². The molecular weight excluding hydrogens is 290 g/mol. The highest BCUT2D eigenvalue weighted by atomic mass is 16.5. The van der Waals surface area contributed by atoms with Gasteiger partial charge in [0.15, 0.2) is 0 Å². The summed E-state index contributed by atoms with van der Waals surface area (Å²) in [6.45, 7) is 16.3. The van der Waals surface area contributed by atoms with E-state index in [1.807, 2.05) is 18.3 Å². The van der Waals surface area contributed by atoms with E-state index in [0.717, 1.165) is 37.4 Å². The third-order valence-electron chi connectivity index (χ3n) is 4.02. The largest absolute Gasteiger partial charge is 0.389 e. The van der Waals surface area contributed by atoms with Crippen LogP contribution in [0.25, 0.3) is 10.4 Å². The van der Waals surface area contributed by atoms with Gasteiger partial charge in [-0.2, -0.15) is 5.10 Å². The highest BCUT2D eigenvalue weighted by Crippen LogP contribution is 2.29. The fourth-order valence-corrected chi connectivity index (χ4v) is 3.05. The lowest BCUT2D eigenvalue weighted by Gasteiger charge is -2.34. The van der Waals surface area contributed by atoms with Crippen LogP contribution in [0.1, 0.15) is 13.8 Å². The summed E-state index contributed by atoms with van der Waals surface area (Å²) in [6, 6.07) is 3.90. The molecule has 3 rings (SSSR count). The quantitative estimate of drug-likeness (QED) is 0.862. The SMILES string of the molecule is [C-]#[N+]c1cnn2cccc2c1NCC1CN(CC(C)C)CCO1. The molecule has 2 aromatic rings. The zero-order chi connectivity index (χ0) is 16.2. The molecule has 0 spiro atoms. The first-order chi connectivity index (χ1) is 11.2. The number of anilines is 1. The lowest BCUT2D eigenvalue weighted by molar-refractivity contribution is -0.0243. The molecule has 0 aromatic carbocycles. The van der Waals surface area contributed by atoms with Gasteiger partial charge in [-0.1, -0.05) is 13.8 Å². The molecule has 0 bridgehead atoms. The van der Waals surface area contributed by atoms with Crippen LogP contribution >= 0.6 is 0 Å². The molecule has 2 aromatic heterocycles. The van der Waals surface area contributed by atoms with Gasteiger partial charge in [-0.15, -0.1) is 0 Å². The van der Waals surface area contributed by atoms with E-state index >= 15 is 0 Å². The maximum absolute atomic E-state index is 7.34. The van der Waals surface area contributed by atoms with Crippen LogP contribution in [0.2, 0.25) is 0 Å². The minimum atomic E-state index is 0.143. The van der Waals surface area contributed by atoms with E-state index in [9.17, 15) is 0 Å². The van der Waals surface area contributed by atoms with Gasteiger partial charge in [0.2, 0.25) is 5.69 Å². The van der Waals surface area contributed by atoms with Crippen LogP contribution in [0.3, 0.4) is 0 Å². The molecule has 1 saturated heterocycles. The molecule has 1 N–H and O–H groups in total. The van der Waals surface area contributed by atoms with Crippen LogP contribution in [0.5, 0.6) is 0 Å². The summed E-state index contributed by atoms with van der Waals surface area (Å²) >= 11 is 0. The van der Waals surface area contributed by atoms with Crippen LogP contribution in [0.15, 0.2) is 24.5 Å². The van der Waals surface area contributed by atoms with Gasteiger partial charge in [-0.25, -0.2) is 9.36 Å². The molecule has 0 radical (unpaired) electrons. The van der Waals surface area contributed by atoms with Gasteiger partial charge in [0.25, 0.3) is 0 Å². The Kier molecular flexibility index (Phi) is 4.79. The summed E-state index contributed by atoms with van der Waals surface area (Å²) in [5.74, 6) is 0.663. The zero-order valence-corrected chi connectivity index (χ0v) is 13.7. The molecule has 0 amide bonds. The Bertz CT molecular complexity index is 703. The van der Waals surface area contributed by atoms with E-state index < -0.39 is 0 Å². The van der Waals surface area contributed by atoms with Crippen molar-refractivity contribution in [1.29, 1.82) is 0 Å². The highest BCUT2D eigenvalue weighted by Gasteiger charge is 2.21. The van der Waals surface area contributed by atoms with Gasteiger partial charge in [-0.05, 0) is 18.1 Å². The number of aromatic nitrogens is 2. The first-order valence-electron chi connectivity index (χ1n) is 8.09. The number of fused-ring (bicyclic) bond motifs is 1. The van der Waals surface area contributed by atoms with E-state index in [4.69, 9.17) is 11.3 Å². The van der Waals surface area contributed by atoms with E-state index in [-0.39, 0.29) is 6.10 Å². The highest BCUT2D eigenvalue weighted by molar-refractivity contribution is 5.84. The molecule has 1 aliphatic heterocycles. The monoisotopic (exact) mass is 313 g/mol. The number of hydrogen-bond acceptors (Lipinski definition) is 4. The Morgan fingerprint density at radius 2 is 2.39 bits per heavy atom. The Labute approximate surface area is 136 Å². The maximum Gasteiger partial charge on any atom is 0.231 e. The summed E-state index contributed by atoms with van der Waals surface area (Å²) < 4.78 is 7.66. The Morgan fingerprint density at radius 1 is 1.52 bits per heavy atom. The van der Waals surface area contributed by atoms with Crippen molar-refractivity contribution in [2.24, 2.45) is 5.92 Å². The minimum absolute atomic E-state index is 0.143. The summed E-state index contributed by atoms with van der Waals surface area (Å²) in [6.07, 6.45) is 3.63. The van der Waals surface area contributed by atoms with Gasteiger partial charge >= 0.3 is 0 Å². The van der Waals surface area contributed by atoms with Crippen LogP contribution in [-0.2, 0) is 4.74 Å². The fraction of sp³-hybridized carbons (Fsp3) is 0.529. The second-order valence-corrected chi connectivity index (χ2v) is 6.38. The van der Waals surface area contributed by atoms with Crippen LogP contribution in [0, 0.1) is 12.5 Å². The van der Waals surface area contributed by atoms with Crippen molar-refractivity contribution in [3.63, 3.8) is 0 Å². The molecule has 1 atom stereocenters. The third-order valence-corrected chi connectivity index (χ3v) is 4.02. The molecule has 6 heteroatoms. The third kappa shape index (κ3) is 3.63. The Balaban J connectivity index is 1.68. The summed E-state index contributed by atoms with van der Waals surface area (Å²) in [5, 5.41) is 7.65. The van der Waals surface area contributed by atoms with Crippen molar-refractivity contribution >= 4 is 16.9 Å². The van der Waals surface area contributed by atoms with E-state index in [2.05, 4.69) is 34.0 Å². The first-order valence-corrected chi connectivity index (χ1v) is 8.09. The topological polar surface area (TPSA) is 46.2 Å². The van der Waals surface area contributed by atoms with Crippen LogP contribution in [0.4, 0.5) is 11.4 Å². The molecule has 1 fully saturated rings. The maximum atomic E-state index is 7.34. The number of hydrogen-bond donors (Lipinski definition) is 1. The number of morpholine rings is 1. The van der Waals surface area contributed by atoms with E-state index in [1.165, 1.54) is 0 Å². The van der Waals surface area contributed by atoms with Gasteiger partial charge < -0.3 is 10.1 Å². The Hall–Kier alpha value is -2.10. The molecule has 23 heavy (non-hydrogen) atoms. The molecule has 6 nitrogen and oxygen atoms in total. The van der Waals surface area contributed by atoms with E-state index in [0.29, 0.717) is 18.2 Å². The predicted octanol–water partition coefficient (Wildman–Crippen LogP) is 2.65. The normalized spacial score (nSPS) is 19.1. The molecule has 1 unspecified atom stereocenters. The van der Waals surface area contributed by atoms with Crippen molar-refractivity contribution in [3.05, 3.63) is 35.9 Å². The molecule has 0 saturated carbocycles. The number of nitrogens with zero attached hydrogens (tertiary/aromatic N) is 4. The lowest BCUT2D eigenvalue weighted by Crippen LogP contribution is -2.46. The average Bonchev–Trinajstić information content (AvgIpc) is 3.01. The number of rotatable bonds is 5. The molecular formula is C17H23N5O. The number of ether oxygens (including phenoxy) is 1. The molecule has 0 aliphatic carbocycles. The van der Waals surface area contributed by atoms with Crippen LogP contribution < -0.4 is 5.32 Å². The van der Waals surface area contributed by atoms with Crippen molar-refractivity contribution in [1.82, 2.24) is 14.5 Å². The van der Waals surface area contributed by atoms with Gasteiger partial charge in [-0.3, -0.25) is 4.90 Å². The van der Waals surface area contributed by atoms with Crippen molar-refractivity contribution in [3.8, 4) is 0 Å². The fourth-order valence-electron chi connectivity index (χ4n) is 3.05. The summed E-state index contributed by atoms with van der Waals surface area (Å²) in [5.41, 5.74) is 2.31. The average molecular weight is 313 g/mol. The zero-order valence-electron chi connectivity index (χ0n) is 13.7. The van der Waals surface area contributed by atoms with Crippen LogP contribution in [-0.4, -0.2) is 53.4 Å². The van der Waals surface area contributed by atoms with Gasteiger partial charge in [0.1, 0.15) is 0 Å². The standard InChI is InChI=1S/C17H23N5O/c1-13(2)11-21-7-8-23-14(12-21)9-19-17-15(18-3)10-20-22-6-4-5-16(17)22/h4-6,10,13-14,19H,7-9,11-12H2,1-2H3. The second-order valence-electron chi connectivity index (χ2n) is 6.38. The lowest BCUT2D eigenvalue weighted by atomic mass is 10.1.